The van der Waals surface area contributed by atoms with Gasteiger partial charge in [-0.3, -0.25) is 14.4 Å². The first kappa shape index (κ1) is 64.1. The molecule has 0 spiro atoms. The van der Waals surface area contributed by atoms with Crippen molar-refractivity contribution < 1.29 is 28.6 Å². The second-order valence-electron chi connectivity index (χ2n) is 18.1. The molecule has 1 unspecified atom stereocenters. The lowest BCUT2D eigenvalue weighted by Crippen LogP contribution is -2.30. The predicted octanol–water partition coefficient (Wildman–Crippen LogP) is 18.7. The summed E-state index contributed by atoms with van der Waals surface area (Å²) in [6, 6.07) is 0. The van der Waals surface area contributed by atoms with Crippen molar-refractivity contribution in [2.24, 2.45) is 0 Å². The fourth-order valence-corrected chi connectivity index (χ4v) is 7.42. The van der Waals surface area contributed by atoms with E-state index in [0.717, 1.165) is 96.3 Å². The van der Waals surface area contributed by atoms with E-state index < -0.39 is 12.1 Å². The van der Waals surface area contributed by atoms with Crippen molar-refractivity contribution in [2.45, 2.75) is 252 Å². The monoisotopic (exact) mass is 943 g/mol. The fraction of sp³-hybridized carbons (Fsp3) is 0.661. The van der Waals surface area contributed by atoms with Gasteiger partial charge in [0.05, 0.1) is 0 Å². The molecule has 6 heteroatoms. The smallest absolute Gasteiger partial charge is 0.306 e. The van der Waals surface area contributed by atoms with Gasteiger partial charge in [-0.05, 0) is 89.9 Å². The van der Waals surface area contributed by atoms with Gasteiger partial charge in [-0.2, -0.15) is 0 Å². The number of hydrogen-bond acceptors (Lipinski definition) is 6. The highest BCUT2D eigenvalue weighted by Gasteiger charge is 2.19. The van der Waals surface area contributed by atoms with E-state index in [1.807, 2.05) is 12.2 Å². The summed E-state index contributed by atoms with van der Waals surface area (Å²) in [5.41, 5.74) is 0. The third-order valence-electron chi connectivity index (χ3n) is 11.5. The molecule has 6 nitrogen and oxygen atoms in total. The van der Waals surface area contributed by atoms with Crippen LogP contribution >= 0.6 is 0 Å². The highest BCUT2D eigenvalue weighted by molar-refractivity contribution is 5.71. The maximum atomic E-state index is 12.7. The van der Waals surface area contributed by atoms with Crippen molar-refractivity contribution in [1.82, 2.24) is 0 Å². The summed E-state index contributed by atoms with van der Waals surface area (Å²) in [4.78, 5) is 37.9. The molecule has 0 saturated heterocycles. The van der Waals surface area contributed by atoms with Crippen molar-refractivity contribution in [2.75, 3.05) is 13.2 Å². The molecule has 0 aliphatic rings. The molecule has 0 heterocycles. The quantitative estimate of drug-likeness (QED) is 0.0262. The van der Waals surface area contributed by atoms with E-state index in [1.54, 1.807) is 0 Å². The van der Waals surface area contributed by atoms with E-state index in [9.17, 15) is 14.4 Å². The summed E-state index contributed by atoms with van der Waals surface area (Å²) in [7, 11) is 0. The minimum Gasteiger partial charge on any atom is -0.462 e. The molecule has 0 N–H and O–H groups in total. The Labute approximate surface area is 419 Å². The lowest BCUT2D eigenvalue weighted by molar-refractivity contribution is -0.166. The number of esters is 3. The van der Waals surface area contributed by atoms with Crippen LogP contribution in [0.1, 0.15) is 245 Å². The number of carbonyl (C=O) groups is 3. The van der Waals surface area contributed by atoms with Gasteiger partial charge in [-0.1, -0.05) is 246 Å². The summed E-state index contributed by atoms with van der Waals surface area (Å²) in [6.07, 6.45) is 75.3. The minimum atomic E-state index is -0.815. The SMILES string of the molecule is CC/C=C\C/C=C\C/C=C\C/C=C\C/C=C\CCCCCCCCCCCCCC(=O)OCC(COC(=O)CCCCCCCCCCCC)OC(=O)CC/C=C\C/C=C\C/C=C\C/C=C\CC. The second kappa shape index (κ2) is 55.7. The standard InChI is InChI=1S/C62H102O6/c1-4-7-10-13-16-19-22-24-25-26-27-28-29-30-31-32-33-34-35-36-37-39-40-43-46-49-52-55-61(64)67-58-59(57-66-60(63)54-51-48-45-42-21-18-15-12-9-6-3)68-62(65)56-53-50-47-44-41-38-23-20-17-14-11-8-5-2/h7-8,10-11,16-17,19-20,24-25,27-28,30-31,38,41,47,50,59H,4-6,9,12-15,18,21-23,26,29,32-37,39-40,42-46,48-49,51-58H2,1-3H3/b10-7-,11-8-,19-16-,20-17-,25-24-,28-27-,31-30-,41-38-,50-47-. The summed E-state index contributed by atoms with van der Waals surface area (Å²) in [5.74, 6) is -0.995. The van der Waals surface area contributed by atoms with Crippen LogP contribution in [0.3, 0.4) is 0 Å². The van der Waals surface area contributed by atoms with Crippen LogP contribution in [0, 0.1) is 0 Å². The number of carbonyl (C=O) groups excluding carboxylic acids is 3. The first-order valence-electron chi connectivity index (χ1n) is 27.9. The molecule has 0 amide bonds. The Hall–Kier alpha value is -3.93. The first-order chi connectivity index (χ1) is 33.5. The Bertz CT molecular complexity index is 1410. The zero-order chi connectivity index (χ0) is 49.3. The second-order valence-corrected chi connectivity index (χ2v) is 18.1. The van der Waals surface area contributed by atoms with E-state index in [2.05, 4.69) is 118 Å². The van der Waals surface area contributed by atoms with Gasteiger partial charge in [0.1, 0.15) is 13.2 Å². The van der Waals surface area contributed by atoms with E-state index in [1.165, 1.54) is 103 Å². The molecule has 0 rings (SSSR count). The predicted molar refractivity (Wildman–Crippen MR) is 293 cm³/mol. The Balaban J connectivity index is 4.27. The van der Waals surface area contributed by atoms with Crippen molar-refractivity contribution in [1.29, 1.82) is 0 Å². The Kier molecular flexibility index (Phi) is 52.4. The molecular formula is C62H102O6. The molecule has 0 saturated carbocycles. The topological polar surface area (TPSA) is 78.9 Å². The highest BCUT2D eigenvalue weighted by atomic mass is 16.6. The molecule has 0 fully saturated rings. The maximum absolute atomic E-state index is 12.7. The molecule has 386 valence electrons. The average molecular weight is 943 g/mol. The Morgan fingerprint density at radius 2 is 0.603 bits per heavy atom. The lowest BCUT2D eigenvalue weighted by atomic mass is 10.0. The number of hydrogen-bond donors (Lipinski definition) is 0. The van der Waals surface area contributed by atoms with Crippen LogP contribution in [0.4, 0.5) is 0 Å². The minimum absolute atomic E-state index is 0.106. The Morgan fingerprint density at radius 3 is 0.956 bits per heavy atom. The van der Waals surface area contributed by atoms with Crippen molar-refractivity contribution >= 4 is 17.9 Å². The summed E-state index contributed by atoms with van der Waals surface area (Å²) in [6.45, 7) is 6.33. The molecule has 0 aliphatic carbocycles. The van der Waals surface area contributed by atoms with Crippen molar-refractivity contribution in [3.8, 4) is 0 Å². The fourth-order valence-electron chi connectivity index (χ4n) is 7.42. The maximum Gasteiger partial charge on any atom is 0.306 e. The number of rotatable bonds is 49. The van der Waals surface area contributed by atoms with Crippen molar-refractivity contribution in [3.05, 3.63) is 109 Å². The molecule has 0 bridgehead atoms. The largest absolute Gasteiger partial charge is 0.462 e. The van der Waals surface area contributed by atoms with Gasteiger partial charge in [-0.25, -0.2) is 0 Å². The average Bonchev–Trinajstić information content (AvgIpc) is 3.34. The molecule has 0 aromatic carbocycles. The van der Waals surface area contributed by atoms with Crippen LogP contribution in [-0.2, 0) is 28.6 Å². The zero-order valence-corrected chi connectivity index (χ0v) is 44.1. The van der Waals surface area contributed by atoms with Gasteiger partial charge >= 0.3 is 17.9 Å². The van der Waals surface area contributed by atoms with Gasteiger partial charge in [0, 0.05) is 19.3 Å². The molecule has 0 radical (unpaired) electrons. The van der Waals surface area contributed by atoms with Crippen LogP contribution in [0.2, 0.25) is 0 Å². The van der Waals surface area contributed by atoms with Crippen LogP contribution in [-0.4, -0.2) is 37.2 Å². The summed E-state index contributed by atoms with van der Waals surface area (Å²) in [5, 5.41) is 0. The number of ether oxygens (including phenoxy) is 3. The number of allylic oxidation sites excluding steroid dienone is 18. The van der Waals surface area contributed by atoms with Gasteiger partial charge in [0.2, 0.25) is 0 Å². The third-order valence-corrected chi connectivity index (χ3v) is 11.5. The van der Waals surface area contributed by atoms with Gasteiger partial charge in [0.25, 0.3) is 0 Å². The Morgan fingerprint density at radius 1 is 0.309 bits per heavy atom. The van der Waals surface area contributed by atoms with E-state index in [-0.39, 0.29) is 31.6 Å². The van der Waals surface area contributed by atoms with Gasteiger partial charge in [0.15, 0.2) is 6.10 Å². The third kappa shape index (κ3) is 53.0. The van der Waals surface area contributed by atoms with E-state index in [4.69, 9.17) is 14.2 Å². The van der Waals surface area contributed by atoms with Crippen LogP contribution in [0.15, 0.2) is 109 Å². The van der Waals surface area contributed by atoms with Crippen molar-refractivity contribution in [3.63, 3.8) is 0 Å². The molecule has 1 atom stereocenters. The first-order valence-corrected chi connectivity index (χ1v) is 27.9. The van der Waals surface area contributed by atoms with Gasteiger partial charge < -0.3 is 14.2 Å². The normalized spacial score (nSPS) is 12.9. The van der Waals surface area contributed by atoms with E-state index in [0.29, 0.717) is 19.3 Å². The summed E-state index contributed by atoms with van der Waals surface area (Å²) >= 11 is 0. The molecular weight excluding hydrogens is 841 g/mol. The van der Waals surface area contributed by atoms with Crippen LogP contribution < -0.4 is 0 Å². The van der Waals surface area contributed by atoms with Gasteiger partial charge in [-0.15, -0.1) is 0 Å². The van der Waals surface area contributed by atoms with E-state index >= 15 is 0 Å². The molecule has 0 aromatic rings. The molecule has 68 heavy (non-hydrogen) atoms. The molecule has 0 aromatic heterocycles. The number of unbranched alkanes of at least 4 members (excludes halogenated alkanes) is 20. The van der Waals surface area contributed by atoms with Crippen LogP contribution in [0.5, 0.6) is 0 Å². The summed E-state index contributed by atoms with van der Waals surface area (Å²) < 4.78 is 16.7. The zero-order valence-electron chi connectivity index (χ0n) is 44.1. The van der Waals surface area contributed by atoms with Crippen LogP contribution in [0.25, 0.3) is 0 Å². The molecule has 0 aliphatic heterocycles. The lowest BCUT2D eigenvalue weighted by Gasteiger charge is -2.18. The highest BCUT2D eigenvalue weighted by Crippen LogP contribution is 2.15.